The molecule has 0 aromatic carbocycles. The summed E-state index contributed by atoms with van der Waals surface area (Å²) in [6.07, 6.45) is 3.44. The first-order chi connectivity index (χ1) is 9.97. The molecule has 5 heteroatoms. The number of nitrogens with zero attached hydrogens (tertiary/aromatic N) is 5. The predicted molar refractivity (Wildman–Crippen MR) is 84.3 cm³/mol. The van der Waals surface area contributed by atoms with Gasteiger partial charge in [0.2, 0.25) is 0 Å². The number of anilines is 1. The molecule has 0 spiro atoms. The van der Waals surface area contributed by atoms with Gasteiger partial charge in [-0.05, 0) is 17.9 Å². The van der Waals surface area contributed by atoms with Crippen molar-refractivity contribution < 1.29 is 0 Å². The minimum Gasteiger partial charge on any atom is -0.352 e. The second-order valence-electron chi connectivity index (χ2n) is 5.86. The average Bonchev–Trinajstić information content (AvgIpc) is 2.47. The predicted octanol–water partition coefficient (Wildman–Crippen LogP) is 3.15. The van der Waals surface area contributed by atoms with Crippen LogP contribution in [0.3, 0.4) is 0 Å². The molecule has 2 heterocycles. The Morgan fingerprint density at radius 1 is 1.00 bits per heavy atom. The van der Waals surface area contributed by atoms with E-state index in [1.54, 1.807) is 6.33 Å². The number of hydrogen-bond acceptors (Lipinski definition) is 5. The van der Waals surface area contributed by atoms with E-state index in [0.717, 1.165) is 23.0 Å². The minimum absolute atomic E-state index is 0.390. The lowest BCUT2D eigenvalue weighted by atomic mass is 10.1. The van der Waals surface area contributed by atoms with Crippen molar-refractivity contribution in [2.45, 2.75) is 46.1 Å². The molecular formula is C16H23N5. The van der Waals surface area contributed by atoms with Gasteiger partial charge in [0, 0.05) is 30.7 Å². The van der Waals surface area contributed by atoms with Crippen molar-refractivity contribution in [1.29, 1.82) is 0 Å². The molecule has 0 aliphatic rings. The Labute approximate surface area is 126 Å². The van der Waals surface area contributed by atoms with Crippen LogP contribution in [0.1, 0.15) is 56.7 Å². The zero-order chi connectivity index (χ0) is 15.4. The van der Waals surface area contributed by atoms with Crippen molar-refractivity contribution in [1.82, 2.24) is 19.9 Å². The Bertz CT molecular complexity index is 595. The van der Waals surface area contributed by atoms with Crippen LogP contribution in [-0.2, 0) is 6.54 Å². The van der Waals surface area contributed by atoms with Crippen LogP contribution in [0.15, 0.2) is 24.7 Å². The summed E-state index contributed by atoms with van der Waals surface area (Å²) in [4.78, 5) is 19.6. The Morgan fingerprint density at radius 2 is 1.71 bits per heavy atom. The van der Waals surface area contributed by atoms with Gasteiger partial charge in [0.25, 0.3) is 0 Å². The van der Waals surface area contributed by atoms with E-state index in [1.807, 2.05) is 30.3 Å². The van der Waals surface area contributed by atoms with Gasteiger partial charge in [0.1, 0.15) is 18.0 Å². The summed E-state index contributed by atoms with van der Waals surface area (Å²) in [5, 5.41) is 0. The first kappa shape index (κ1) is 15.4. The fourth-order valence-corrected chi connectivity index (χ4v) is 1.99. The van der Waals surface area contributed by atoms with Crippen LogP contribution in [-0.4, -0.2) is 27.0 Å². The molecule has 0 amide bonds. The van der Waals surface area contributed by atoms with Gasteiger partial charge in [-0.2, -0.15) is 0 Å². The van der Waals surface area contributed by atoms with Gasteiger partial charge >= 0.3 is 0 Å². The molecule has 2 aromatic heterocycles. The molecule has 0 radical (unpaired) electrons. The van der Waals surface area contributed by atoms with Crippen molar-refractivity contribution >= 4 is 5.82 Å². The Morgan fingerprint density at radius 3 is 2.38 bits per heavy atom. The van der Waals surface area contributed by atoms with Crippen LogP contribution in [0.5, 0.6) is 0 Å². The van der Waals surface area contributed by atoms with E-state index < -0.39 is 0 Å². The molecule has 0 unspecified atom stereocenters. The largest absolute Gasteiger partial charge is 0.352 e. The average molecular weight is 285 g/mol. The molecule has 0 saturated heterocycles. The van der Waals surface area contributed by atoms with Crippen LogP contribution in [0, 0.1) is 0 Å². The highest BCUT2D eigenvalue weighted by atomic mass is 15.2. The summed E-state index contributed by atoms with van der Waals surface area (Å²) in [5.74, 6) is 2.50. The molecule has 0 fully saturated rings. The van der Waals surface area contributed by atoms with E-state index in [9.17, 15) is 0 Å². The fraction of sp³-hybridized carbons (Fsp3) is 0.500. The molecule has 21 heavy (non-hydrogen) atoms. The van der Waals surface area contributed by atoms with E-state index in [1.165, 1.54) is 0 Å². The first-order valence-corrected chi connectivity index (χ1v) is 7.32. The van der Waals surface area contributed by atoms with Crippen molar-refractivity contribution in [2.24, 2.45) is 0 Å². The molecule has 5 nitrogen and oxygen atoms in total. The van der Waals surface area contributed by atoms with Crippen molar-refractivity contribution in [3.05, 3.63) is 41.9 Å². The Balaban J connectivity index is 2.16. The lowest BCUT2D eigenvalue weighted by Crippen LogP contribution is -2.20. The van der Waals surface area contributed by atoms with Gasteiger partial charge in [-0.25, -0.2) is 19.9 Å². The number of rotatable bonds is 5. The maximum absolute atomic E-state index is 4.60. The third-order valence-electron chi connectivity index (χ3n) is 3.35. The van der Waals surface area contributed by atoms with E-state index >= 15 is 0 Å². The highest BCUT2D eigenvalue weighted by Gasteiger charge is 2.10. The van der Waals surface area contributed by atoms with Gasteiger partial charge in [-0.15, -0.1) is 0 Å². The smallest absolute Gasteiger partial charge is 0.147 e. The van der Waals surface area contributed by atoms with Gasteiger partial charge in [0.05, 0.1) is 6.54 Å². The number of hydrogen-bond donors (Lipinski definition) is 0. The van der Waals surface area contributed by atoms with E-state index in [-0.39, 0.29) is 0 Å². The van der Waals surface area contributed by atoms with E-state index in [4.69, 9.17) is 0 Å². The second kappa shape index (κ2) is 6.61. The zero-order valence-electron chi connectivity index (χ0n) is 13.4. The summed E-state index contributed by atoms with van der Waals surface area (Å²) in [6.45, 7) is 9.15. The molecule has 0 atom stereocenters. The van der Waals surface area contributed by atoms with Crippen molar-refractivity contribution in [3.63, 3.8) is 0 Å². The summed E-state index contributed by atoms with van der Waals surface area (Å²) in [6, 6.07) is 3.99. The summed E-state index contributed by atoms with van der Waals surface area (Å²) in [7, 11) is 2.00. The molecule has 2 rings (SSSR count). The minimum atomic E-state index is 0.390. The molecule has 0 aliphatic heterocycles. The van der Waals surface area contributed by atoms with Crippen LogP contribution in [0.25, 0.3) is 0 Å². The maximum Gasteiger partial charge on any atom is 0.147 e. The molecule has 0 bridgehead atoms. The monoisotopic (exact) mass is 285 g/mol. The van der Waals surface area contributed by atoms with E-state index in [0.29, 0.717) is 18.4 Å². The molecular weight excluding hydrogens is 262 g/mol. The topological polar surface area (TPSA) is 54.8 Å². The van der Waals surface area contributed by atoms with Gasteiger partial charge < -0.3 is 4.90 Å². The van der Waals surface area contributed by atoms with Gasteiger partial charge in [-0.3, -0.25) is 0 Å². The van der Waals surface area contributed by atoms with Crippen LogP contribution in [0.2, 0.25) is 0 Å². The molecule has 0 N–H and O–H groups in total. The van der Waals surface area contributed by atoms with Crippen LogP contribution >= 0.6 is 0 Å². The third-order valence-corrected chi connectivity index (χ3v) is 3.35. The SMILES string of the molecule is CC(C)c1cc(N(C)Cc2nccc(C(C)C)n2)ncn1. The molecule has 112 valence electrons. The summed E-state index contributed by atoms with van der Waals surface area (Å²) in [5.41, 5.74) is 2.11. The normalized spacial score (nSPS) is 11.2. The third kappa shape index (κ3) is 3.97. The van der Waals surface area contributed by atoms with Crippen molar-refractivity contribution in [3.8, 4) is 0 Å². The van der Waals surface area contributed by atoms with Crippen molar-refractivity contribution in [2.75, 3.05) is 11.9 Å². The lowest BCUT2D eigenvalue weighted by molar-refractivity contribution is 0.755. The quantitative estimate of drug-likeness (QED) is 0.844. The zero-order valence-corrected chi connectivity index (χ0v) is 13.4. The highest BCUT2D eigenvalue weighted by molar-refractivity contribution is 5.38. The lowest BCUT2D eigenvalue weighted by Gasteiger charge is -2.18. The Kier molecular flexibility index (Phi) is 4.83. The summed E-state index contributed by atoms with van der Waals surface area (Å²) >= 11 is 0. The van der Waals surface area contributed by atoms with Crippen LogP contribution < -0.4 is 4.90 Å². The van der Waals surface area contributed by atoms with Gasteiger partial charge in [-0.1, -0.05) is 27.7 Å². The number of aromatic nitrogens is 4. The first-order valence-electron chi connectivity index (χ1n) is 7.32. The Hall–Kier alpha value is -2.04. The molecule has 0 aliphatic carbocycles. The molecule has 0 saturated carbocycles. The van der Waals surface area contributed by atoms with E-state index in [2.05, 4.69) is 47.6 Å². The molecule has 2 aromatic rings. The van der Waals surface area contributed by atoms with Crippen LogP contribution in [0.4, 0.5) is 5.82 Å². The standard InChI is InChI=1S/C16H23N5/c1-11(2)13-6-7-17-15(20-13)9-21(5)16-8-14(12(3)4)18-10-19-16/h6-8,10-12H,9H2,1-5H3. The highest BCUT2D eigenvalue weighted by Crippen LogP contribution is 2.17. The fourth-order valence-electron chi connectivity index (χ4n) is 1.99. The second-order valence-corrected chi connectivity index (χ2v) is 5.86. The summed E-state index contributed by atoms with van der Waals surface area (Å²) < 4.78 is 0. The van der Waals surface area contributed by atoms with Gasteiger partial charge in [0.15, 0.2) is 0 Å². The maximum atomic E-state index is 4.60.